The monoisotopic (exact) mass is 261 g/mol. The van der Waals surface area contributed by atoms with Crippen LogP contribution >= 0.6 is 11.3 Å². The van der Waals surface area contributed by atoms with E-state index in [2.05, 4.69) is 52.8 Å². The fraction of sp³-hybridized carbons (Fsp3) is 0.357. The molecule has 0 bridgehead atoms. The van der Waals surface area contributed by atoms with Crippen molar-refractivity contribution < 1.29 is 0 Å². The van der Waals surface area contributed by atoms with Gasteiger partial charge in [0.25, 0.3) is 0 Å². The van der Waals surface area contributed by atoms with Crippen molar-refractivity contribution in [2.24, 2.45) is 0 Å². The first kappa shape index (κ1) is 13.1. The van der Waals surface area contributed by atoms with Gasteiger partial charge in [0, 0.05) is 36.4 Å². The number of hydrogen-bond donors (Lipinski definition) is 1. The van der Waals surface area contributed by atoms with E-state index >= 15 is 0 Å². The van der Waals surface area contributed by atoms with Crippen LogP contribution in [0.25, 0.3) is 0 Å². The SMILES string of the molecule is CNc1ccnc(CN(C)C(C)c2cccs2)c1. The van der Waals surface area contributed by atoms with Gasteiger partial charge in [0.1, 0.15) is 0 Å². The summed E-state index contributed by atoms with van der Waals surface area (Å²) in [4.78, 5) is 8.12. The quantitative estimate of drug-likeness (QED) is 0.894. The van der Waals surface area contributed by atoms with E-state index in [-0.39, 0.29) is 0 Å². The van der Waals surface area contributed by atoms with Gasteiger partial charge >= 0.3 is 0 Å². The lowest BCUT2D eigenvalue weighted by molar-refractivity contribution is 0.253. The van der Waals surface area contributed by atoms with Crippen LogP contribution < -0.4 is 5.32 Å². The second-order valence-electron chi connectivity index (χ2n) is 4.39. The molecule has 2 aromatic heterocycles. The minimum absolute atomic E-state index is 0.421. The number of nitrogens with one attached hydrogen (secondary N) is 1. The van der Waals surface area contributed by atoms with Crippen molar-refractivity contribution in [2.45, 2.75) is 19.5 Å². The summed E-state index contributed by atoms with van der Waals surface area (Å²) in [6.07, 6.45) is 1.85. The first-order valence-corrected chi connectivity index (χ1v) is 6.95. The van der Waals surface area contributed by atoms with Gasteiger partial charge in [-0.05, 0) is 37.6 Å². The van der Waals surface area contributed by atoms with Crippen LogP contribution in [0.5, 0.6) is 0 Å². The summed E-state index contributed by atoms with van der Waals surface area (Å²) in [5.74, 6) is 0. The van der Waals surface area contributed by atoms with Crippen LogP contribution in [0.2, 0.25) is 0 Å². The van der Waals surface area contributed by atoms with E-state index in [1.165, 1.54) is 4.88 Å². The molecule has 0 aliphatic carbocycles. The van der Waals surface area contributed by atoms with Crippen LogP contribution in [0, 0.1) is 0 Å². The Morgan fingerprint density at radius 1 is 1.44 bits per heavy atom. The van der Waals surface area contributed by atoms with Crippen molar-refractivity contribution in [3.8, 4) is 0 Å². The summed E-state index contributed by atoms with van der Waals surface area (Å²) in [7, 11) is 4.06. The number of hydrogen-bond acceptors (Lipinski definition) is 4. The number of thiophene rings is 1. The third-order valence-electron chi connectivity index (χ3n) is 3.13. The third kappa shape index (κ3) is 3.09. The van der Waals surface area contributed by atoms with Gasteiger partial charge in [-0.1, -0.05) is 6.07 Å². The topological polar surface area (TPSA) is 28.2 Å². The third-order valence-corrected chi connectivity index (χ3v) is 4.18. The number of aromatic nitrogens is 1. The van der Waals surface area contributed by atoms with Gasteiger partial charge in [0.2, 0.25) is 0 Å². The number of rotatable bonds is 5. The molecule has 0 saturated carbocycles. The molecule has 1 unspecified atom stereocenters. The summed E-state index contributed by atoms with van der Waals surface area (Å²) in [5, 5.41) is 5.27. The van der Waals surface area contributed by atoms with Crippen LogP contribution in [0.3, 0.4) is 0 Å². The van der Waals surface area contributed by atoms with Gasteiger partial charge < -0.3 is 5.32 Å². The van der Waals surface area contributed by atoms with Gasteiger partial charge in [-0.15, -0.1) is 11.3 Å². The van der Waals surface area contributed by atoms with E-state index in [0.717, 1.165) is 17.9 Å². The smallest absolute Gasteiger partial charge is 0.0564 e. The second-order valence-corrected chi connectivity index (χ2v) is 5.37. The minimum atomic E-state index is 0.421. The Labute approximate surface area is 112 Å². The largest absolute Gasteiger partial charge is 0.388 e. The Morgan fingerprint density at radius 3 is 2.94 bits per heavy atom. The van der Waals surface area contributed by atoms with Crippen LogP contribution in [-0.4, -0.2) is 24.0 Å². The lowest BCUT2D eigenvalue weighted by Crippen LogP contribution is -2.21. The molecular weight excluding hydrogens is 242 g/mol. The van der Waals surface area contributed by atoms with Crippen LogP contribution in [-0.2, 0) is 6.54 Å². The van der Waals surface area contributed by atoms with Crippen LogP contribution in [0.1, 0.15) is 23.5 Å². The molecule has 0 saturated heterocycles. The Bertz CT molecular complexity index is 482. The molecule has 0 spiro atoms. The summed E-state index contributed by atoms with van der Waals surface area (Å²) in [6, 6.07) is 8.78. The van der Waals surface area contributed by atoms with Gasteiger partial charge in [-0.3, -0.25) is 9.88 Å². The highest BCUT2D eigenvalue weighted by Gasteiger charge is 2.13. The Balaban J connectivity index is 2.04. The Kier molecular flexibility index (Phi) is 4.33. The van der Waals surface area contributed by atoms with Crippen LogP contribution in [0.4, 0.5) is 5.69 Å². The van der Waals surface area contributed by atoms with Gasteiger partial charge in [0.05, 0.1) is 5.69 Å². The fourth-order valence-electron chi connectivity index (χ4n) is 1.86. The predicted octanol–water partition coefficient (Wildman–Crippen LogP) is 3.38. The average molecular weight is 261 g/mol. The van der Waals surface area contributed by atoms with E-state index < -0.39 is 0 Å². The summed E-state index contributed by atoms with van der Waals surface area (Å²) >= 11 is 1.80. The zero-order valence-corrected chi connectivity index (χ0v) is 11.9. The molecule has 0 fully saturated rings. The molecule has 2 rings (SSSR count). The molecule has 2 heterocycles. The number of pyridine rings is 1. The molecule has 1 N–H and O–H groups in total. The maximum Gasteiger partial charge on any atom is 0.0564 e. The highest BCUT2D eigenvalue weighted by atomic mass is 32.1. The van der Waals surface area contributed by atoms with Gasteiger partial charge in [0.15, 0.2) is 0 Å². The second kappa shape index (κ2) is 5.98. The van der Waals surface area contributed by atoms with Gasteiger partial charge in [-0.2, -0.15) is 0 Å². The maximum absolute atomic E-state index is 4.41. The normalized spacial score (nSPS) is 12.7. The Morgan fingerprint density at radius 2 is 2.28 bits per heavy atom. The molecule has 1 atom stereocenters. The van der Waals surface area contributed by atoms with Crippen molar-refractivity contribution in [2.75, 3.05) is 19.4 Å². The highest BCUT2D eigenvalue weighted by molar-refractivity contribution is 7.10. The van der Waals surface area contributed by atoms with E-state index in [1.54, 1.807) is 11.3 Å². The summed E-state index contributed by atoms with van der Waals surface area (Å²) < 4.78 is 0. The number of anilines is 1. The standard InChI is InChI=1S/C14H19N3S/c1-11(14-5-4-8-18-14)17(3)10-13-9-12(15-2)6-7-16-13/h4-9,11H,10H2,1-3H3,(H,15,16). The van der Waals surface area contributed by atoms with Crippen molar-refractivity contribution in [1.82, 2.24) is 9.88 Å². The molecule has 2 aromatic rings. The summed E-state index contributed by atoms with van der Waals surface area (Å²) in [6.45, 7) is 3.09. The molecular formula is C14H19N3S. The highest BCUT2D eigenvalue weighted by Crippen LogP contribution is 2.24. The fourth-order valence-corrected chi connectivity index (χ4v) is 2.71. The van der Waals surface area contributed by atoms with Crippen molar-refractivity contribution in [3.05, 3.63) is 46.4 Å². The molecule has 4 heteroatoms. The number of nitrogens with zero attached hydrogens (tertiary/aromatic N) is 2. The Hall–Kier alpha value is -1.39. The maximum atomic E-state index is 4.41. The van der Waals surface area contributed by atoms with E-state index in [0.29, 0.717) is 6.04 Å². The molecule has 96 valence electrons. The zero-order valence-electron chi connectivity index (χ0n) is 11.1. The average Bonchev–Trinajstić information content (AvgIpc) is 2.92. The molecule has 3 nitrogen and oxygen atoms in total. The first-order valence-electron chi connectivity index (χ1n) is 6.07. The van der Waals surface area contributed by atoms with E-state index in [1.807, 2.05) is 19.3 Å². The van der Waals surface area contributed by atoms with Crippen molar-refractivity contribution in [1.29, 1.82) is 0 Å². The molecule has 18 heavy (non-hydrogen) atoms. The molecule has 0 aromatic carbocycles. The first-order chi connectivity index (χ1) is 8.70. The molecule has 0 aliphatic rings. The van der Waals surface area contributed by atoms with Gasteiger partial charge in [-0.25, -0.2) is 0 Å². The molecule has 0 radical (unpaired) electrons. The molecule has 0 amide bonds. The zero-order chi connectivity index (χ0) is 13.0. The predicted molar refractivity (Wildman–Crippen MR) is 78.0 cm³/mol. The van der Waals surface area contributed by atoms with Crippen molar-refractivity contribution >= 4 is 17.0 Å². The van der Waals surface area contributed by atoms with E-state index in [9.17, 15) is 0 Å². The minimum Gasteiger partial charge on any atom is -0.388 e. The summed E-state index contributed by atoms with van der Waals surface area (Å²) in [5.41, 5.74) is 2.20. The van der Waals surface area contributed by atoms with Crippen molar-refractivity contribution in [3.63, 3.8) is 0 Å². The molecule has 0 aliphatic heterocycles. The van der Waals surface area contributed by atoms with Crippen LogP contribution in [0.15, 0.2) is 35.8 Å². The lowest BCUT2D eigenvalue weighted by atomic mass is 10.2. The van der Waals surface area contributed by atoms with E-state index in [4.69, 9.17) is 0 Å². The lowest BCUT2D eigenvalue weighted by Gasteiger charge is -2.23.